The first kappa shape index (κ1) is 15.4. The summed E-state index contributed by atoms with van der Waals surface area (Å²) < 4.78 is 0. The second kappa shape index (κ2) is 7.04. The highest BCUT2D eigenvalue weighted by molar-refractivity contribution is 5.80. The number of aromatic nitrogens is 2. The van der Waals surface area contributed by atoms with Crippen LogP contribution in [0.4, 0.5) is 5.95 Å². The Morgan fingerprint density at radius 1 is 1.42 bits per heavy atom. The molecule has 0 aliphatic carbocycles. The zero-order valence-corrected chi connectivity index (χ0v) is 11.8. The Morgan fingerprint density at radius 3 is 2.63 bits per heavy atom. The summed E-state index contributed by atoms with van der Waals surface area (Å²) in [6.45, 7) is 4.89. The van der Waals surface area contributed by atoms with Gasteiger partial charge >= 0.3 is 0 Å². The lowest BCUT2D eigenvalue weighted by molar-refractivity contribution is -0.120. The van der Waals surface area contributed by atoms with Crippen molar-refractivity contribution in [2.45, 2.75) is 20.3 Å². The molecule has 0 aromatic carbocycles. The van der Waals surface area contributed by atoms with Crippen molar-refractivity contribution in [3.05, 3.63) is 18.5 Å². The van der Waals surface area contributed by atoms with E-state index in [1.165, 1.54) is 0 Å². The van der Waals surface area contributed by atoms with E-state index in [1.807, 2.05) is 13.8 Å². The molecule has 0 fully saturated rings. The summed E-state index contributed by atoms with van der Waals surface area (Å²) in [5, 5.41) is 11.8. The number of likely N-dealkylation sites (N-methyl/N-ethyl adjacent to an activating group) is 1. The van der Waals surface area contributed by atoms with Gasteiger partial charge in [0.05, 0.1) is 6.54 Å². The smallest absolute Gasteiger partial charge is 0.239 e. The molecule has 0 saturated carbocycles. The van der Waals surface area contributed by atoms with Crippen LogP contribution in [0.1, 0.15) is 20.3 Å². The largest absolute Gasteiger partial charge is 0.396 e. The average molecular weight is 266 g/mol. The third kappa shape index (κ3) is 5.65. The fourth-order valence-corrected chi connectivity index (χ4v) is 1.56. The van der Waals surface area contributed by atoms with Crippen LogP contribution >= 0.6 is 0 Å². The van der Waals surface area contributed by atoms with Crippen molar-refractivity contribution in [2.24, 2.45) is 5.41 Å². The number of hydrogen-bond acceptors (Lipinski definition) is 5. The molecule has 0 bridgehead atoms. The Bertz CT molecular complexity index is 395. The monoisotopic (exact) mass is 266 g/mol. The Balaban J connectivity index is 2.39. The molecule has 0 atom stereocenters. The highest BCUT2D eigenvalue weighted by Gasteiger charge is 2.18. The molecule has 1 rings (SSSR count). The third-order valence-electron chi connectivity index (χ3n) is 2.83. The molecular weight excluding hydrogens is 244 g/mol. The summed E-state index contributed by atoms with van der Waals surface area (Å²) >= 11 is 0. The van der Waals surface area contributed by atoms with Crippen LogP contribution in [0, 0.1) is 5.41 Å². The minimum atomic E-state index is -0.105. The first-order chi connectivity index (χ1) is 8.94. The fraction of sp³-hybridized carbons (Fsp3) is 0.615. The molecule has 6 heteroatoms. The molecule has 0 spiro atoms. The van der Waals surface area contributed by atoms with E-state index in [0.29, 0.717) is 18.9 Å². The van der Waals surface area contributed by atoms with Crippen LogP contribution in [0.3, 0.4) is 0 Å². The van der Waals surface area contributed by atoms with Gasteiger partial charge in [-0.2, -0.15) is 0 Å². The molecule has 2 N–H and O–H groups in total. The van der Waals surface area contributed by atoms with E-state index < -0.39 is 0 Å². The minimum Gasteiger partial charge on any atom is -0.396 e. The summed E-state index contributed by atoms with van der Waals surface area (Å²) in [6.07, 6.45) is 3.94. The molecule has 1 aromatic heterocycles. The summed E-state index contributed by atoms with van der Waals surface area (Å²) in [7, 11) is 1.77. The lowest BCUT2D eigenvalue weighted by Gasteiger charge is -2.24. The molecule has 19 heavy (non-hydrogen) atoms. The number of carbonyl (C=O) groups is 1. The van der Waals surface area contributed by atoms with Crippen LogP contribution in [0.2, 0.25) is 0 Å². The lowest BCUT2D eigenvalue weighted by Crippen LogP contribution is -2.40. The molecule has 1 amide bonds. The number of nitrogens with one attached hydrogen (secondary N) is 1. The van der Waals surface area contributed by atoms with Crippen LogP contribution in [0.5, 0.6) is 0 Å². The van der Waals surface area contributed by atoms with E-state index in [0.717, 1.165) is 0 Å². The maximum Gasteiger partial charge on any atom is 0.239 e. The number of aliphatic hydroxyl groups is 1. The van der Waals surface area contributed by atoms with Gasteiger partial charge in [0, 0.05) is 32.6 Å². The Morgan fingerprint density at radius 2 is 2.05 bits per heavy atom. The van der Waals surface area contributed by atoms with Gasteiger partial charge in [0.15, 0.2) is 0 Å². The standard InChI is InChI=1S/C13H22N4O2/c1-13(2,5-8-18)10-16-11(19)9-17(3)12-14-6-4-7-15-12/h4,6-7,18H,5,8-10H2,1-3H3,(H,16,19). The number of aliphatic hydroxyl groups excluding tert-OH is 1. The molecule has 0 saturated heterocycles. The van der Waals surface area contributed by atoms with Gasteiger partial charge in [0.1, 0.15) is 0 Å². The summed E-state index contributed by atoms with van der Waals surface area (Å²) in [5.74, 6) is 0.438. The third-order valence-corrected chi connectivity index (χ3v) is 2.83. The summed E-state index contributed by atoms with van der Waals surface area (Å²) in [5.41, 5.74) is -0.105. The number of nitrogens with zero attached hydrogens (tertiary/aromatic N) is 3. The second-order valence-corrected chi connectivity index (χ2v) is 5.32. The van der Waals surface area contributed by atoms with Crippen molar-refractivity contribution >= 4 is 11.9 Å². The number of amides is 1. The van der Waals surface area contributed by atoms with Crippen molar-refractivity contribution in [1.82, 2.24) is 15.3 Å². The van der Waals surface area contributed by atoms with Crippen molar-refractivity contribution in [3.8, 4) is 0 Å². The molecule has 0 unspecified atom stereocenters. The number of hydrogen-bond donors (Lipinski definition) is 2. The summed E-state index contributed by atoms with van der Waals surface area (Å²) in [6, 6.07) is 1.73. The van der Waals surface area contributed by atoms with Gasteiger partial charge < -0.3 is 15.3 Å². The maximum atomic E-state index is 11.8. The van der Waals surface area contributed by atoms with E-state index in [2.05, 4.69) is 15.3 Å². The van der Waals surface area contributed by atoms with E-state index in [4.69, 9.17) is 5.11 Å². The van der Waals surface area contributed by atoms with E-state index in [1.54, 1.807) is 30.4 Å². The minimum absolute atomic E-state index is 0.0824. The van der Waals surface area contributed by atoms with Gasteiger partial charge in [-0.3, -0.25) is 4.79 Å². The van der Waals surface area contributed by atoms with Crippen molar-refractivity contribution < 1.29 is 9.90 Å². The zero-order chi connectivity index (χ0) is 14.3. The van der Waals surface area contributed by atoms with E-state index in [9.17, 15) is 4.79 Å². The van der Waals surface area contributed by atoms with Crippen LogP contribution in [0.25, 0.3) is 0 Å². The number of rotatable bonds is 7. The van der Waals surface area contributed by atoms with Gasteiger partial charge in [-0.15, -0.1) is 0 Å². The zero-order valence-electron chi connectivity index (χ0n) is 11.8. The molecule has 0 aliphatic heterocycles. The summed E-state index contributed by atoms with van der Waals surface area (Å²) in [4.78, 5) is 21.6. The number of anilines is 1. The van der Waals surface area contributed by atoms with Gasteiger partial charge in [-0.1, -0.05) is 13.8 Å². The Labute approximate surface area is 113 Å². The van der Waals surface area contributed by atoms with Crippen molar-refractivity contribution in [1.29, 1.82) is 0 Å². The van der Waals surface area contributed by atoms with Gasteiger partial charge in [-0.25, -0.2) is 9.97 Å². The second-order valence-electron chi connectivity index (χ2n) is 5.32. The van der Waals surface area contributed by atoms with Crippen LogP contribution in [-0.4, -0.2) is 47.7 Å². The van der Waals surface area contributed by atoms with Crippen LogP contribution in [-0.2, 0) is 4.79 Å². The van der Waals surface area contributed by atoms with Gasteiger partial charge in [0.25, 0.3) is 0 Å². The van der Waals surface area contributed by atoms with Crippen LogP contribution in [0.15, 0.2) is 18.5 Å². The topological polar surface area (TPSA) is 78.4 Å². The SMILES string of the molecule is CN(CC(=O)NCC(C)(C)CCO)c1ncccn1. The fourth-order valence-electron chi connectivity index (χ4n) is 1.56. The highest BCUT2D eigenvalue weighted by atomic mass is 16.3. The quantitative estimate of drug-likeness (QED) is 0.748. The predicted octanol–water partition coefficient (Wildman–Crippen LogP) is 0.438. The number of carbonyl (C=O) groups excluding carboxylic acids is 1. The first-order valence-corrected chi connectivity index (χ1v) is 6.30. The Kier molecular flexibility index (Phi) is 5.69. The molecular formula is C13H22N4O2. The molecule has 106 valence electrons. The molecule has 6 nitrogen and oxygen atoms in total. The first-order valence-electron chi connectivity index (χ1n) is 6.30. The van der Waals surface area contributed by atoms with Gasteiger partial charge in [-0.05, 0) is 17.9 Å². The molecule has 0 radical (unpaired) electrons. The Hall–Kier alpha value is -1.69. The highest BCUT2D eigenvalue weighted by Crippen LogP contribution is 2.17. The van der Waals surface area contributed by atoms with E-state index in [-0.39, 0.29) is 24.5 Å². The normalized spacial score (nSPS) is 11.2. The van der Waals surface area contributed by atoms with Crippen molar-refractivity contribution in [2.75, 3.05) is 31.6 Å². The van der Waals surface area contributed by atoms with Crippen LogP contribution < -0.4 is 10.2 Å². The van der Waals surface area contributed by atoms with Crippen molar-refractivity contribution in [3.63, 3.8) is 0 Å². The molecule has 0 aliphatic rings. The maximum absolute atomic E-state index is 11.8. The lowest BCUT2D eigenvalue weighted by atomic mass is 9.90. The predicted molar refractivity (Wildman–Crippen MR) is 73.8 cm³/mol. The molecule has 1 heterocycles. The molecule has 1 aromatic rings. The van der Waals surface area contributed by atoms with Gasteiger partial charge in [0.2, 0.25) is 11.9 Å². The average Bonchev–Trinajstić information content (AvgIpc) is 2.37. The van der Waals surface area contributed by atoms with E-state index >= 15 is 0 Å².